The number of aromatic nitrogens is 1. The molecule has 170 valence electrons. The molecule has 1 aliphatic rings. The van der Waals surface area contributed by atoms with Gasteiger partial charge in [0.2, 0.25) is 0 Å². The van der Waals surface area contributed by atoms with Gasteiger partial charge >= 0.3 is 12.4 Å². The number of para-hydroxylation sites is 1. The lowest BCUT2D eigenvalue weighted by molar-refractivity contribution is -0.143. The predicted octanol–water partition coefficient (Wildman–Crippen LogP) is 6.24. The van der Waals surface area contributed by atoms with E-state index in [0.29, 0.717) is 25.0 Å². The number of carbonyl (C=O) groups excluding carboxylic acids is 1. The lowest BCUT2D eigenvalue weighted by Crippen LogP contribution is -2.38. The molecule has 1 saturated heterocycles. The molecule has 9 heteroatoms. The Kier molecular flexibility index (Phi) is 5.46. The fourth-order valence-electron chi connectivity index (χ4n) is 4.35. The van der Waals surface area contributed by atoms with Crippen molar-refractivity contribution in [1.82, 2.24) is 9.47 Å². The maximum Gasteiger partial charge on any atom is 0.416 e. The molecule has 3 aromatic rings. The van der Waals surface area contributed by atoms with Crippen molar-refractivity contribution in [3.05, 3.63) is 70.9 Å². The summed E-state index contributed by atoms with van der Waals surface area (Å²) in [6.45, 7) is 0.509. The van der Waals surface area contributed by atoms with Crippen LogP contribution in [-0.4, -0.2) is 28.5 Å². The first-order chi connectivity index (χ1) is 14.9. The highest BCUT2D eigenvalue weighted by atomic mass is 19.4. The second-order valence-electron chi connectivity index (χ2n) is 8.07. The molecule has 32 heavy (non-hydrogen) atoms. The number of nitrogens with zero attached hydrogens (tertiary/aromatic N) is 2. The number of fused-ring (bicyclic) bond motifs is 1. The summed E-state index contributed by atoms with van der Waals surface area (Å²) in [5.41, 5.74) is -1.36. The van der Waals surface area contributed by atoms with Gasteiger partial charge in [0.05, 0.1) is 11.1 Å². The first-order valence-corrected chi connectivity index (χ1v) is 10.1. The van der Waals surface area contributed by atoms with E-state index in [-0.39, 0.29) is 25.1 Å². The molecule has 0 atom stereocenters. The van der Waals surface area contributed by atoms with Crippen LogP contribution in [0.4, 0.5) is 26.3 Å². The number of rotatable bonds is 2. The second kappa shape index (κ2) is 7.86. The van der Waals surface area contributed by atoms with Gasteiger partial charge in [-0.2, -0.15) is 26.3 Å². The van der Waals surface area contributed by atoms with E-state index >= 15 is 0 Å². The largest absolute Gasteiger partial charge is 0.416 e. The van der Waals surface area contributed by atoms with E-state index < -0.39 is 35.0 Å². The number of halogens is 6. The van der Waals surface area contributed by atoms with Gasteiger partial charge in [0, 0.05) is 42.8 Å². The van der Waals surface area contributed by atoms with Crippen molar-refractivity contribution in [3.8, 4) is 0 Å². The van der Waals surface area contributed by atoms with Crippen molar-refractivity contribution >= 4 is 16.8 Å². The Morgan fingerprint density at radius 2 is 1.47 bits per heavy atom. The molecule has 0 radical (unpaired) electrons. The zero-order valence-electron chi connectivity index (χ0n) is 17.1. The second-order valence-corrected chi connectivity index (χ2v) is 8.07. The highest BCUT2D eigenvalue weighted by Crippen LogP contribution is 2.38. The molecule has 0 N–H and O–H groups in total. The first kappa shape index (κ1) is 22.2. The molecule has 0 unspecified atom stereocenters. The van der Waals surface area contributed by atoms with E-state index in [4.69, 9.17) is 0 Å². The summed E-state index contributed by atoms with van der Waals surface area (Å²) in [7, 11) is 1.94. The molecule has 3 nitrogen and oxygen atoms in total. The van der Waals surface area contributed by atoms with Gasteiger partial charge in [0.1, 0.15) is 0 Å². The number of alkyl halides is 6. The summed E-state index contributed by atoms with van der Waals surface area (Å²) >= 11 is 0. The van der Waals surface area contributed by atoms with E-state index in [9.17, 15) is 31.1 Å². The minimum Gasteiger partial charge on any atom is -0.350 e. The fraction of sp³-hybridized carbons (Fsp3) is 0.348. The van der Waals surface area contributed by atoms with Gasteiger partial charge in [0.15, 0.2) is 0 Å². The number of likely N-dealkylation sites (tertiary alicyclic amines) is 1. The average Bonchev–Trinajstić information content (AvgIpc) is 3.08. The summed E-state index contributed by atoms with van der Waals surface area (Å²) in [5, 5.41) is 1.10. The van der Waals surface area contributed by atoms with Gasteiger partial charge in [-0.3, -0.25) is 4.79 Å². The average molecular weight is 454 g/mol. The fourth-order valence-corrected chi connectivity index (χ4v) is 4.35. The van der Waals surface area contributed by atoms with Gasteiger partial charge in [-0.05, 0) is 48.6 Å². The number of amides is 1. The maximum atomic E-state index is 13.1. The lowest BCUT2D eigenvalue weighted by atomic mass is 9.89. The van der Waals surface area contributed by atoms with Crippen LogP contribution >= 0.6 is 0 Å². The quantitative estimate of drug-likeness (QED) is 0.421. The van der Waals surface area contributed by atoms with Crippen LogP contribution in [0, 0.1) is 0 Å². The summed E-state index contributed by atoms with van der Waals surface area (Å²) in [5.74, 6) is -0.671. The Labute approximate surface area is 180 Å². The molecule has 0 bridgehead atoms. The van der Waals surface area contributed by atoms with Crippen LogP contribution in [0.15, 0.2) is 48.7 Å². The van der Waals surface area contributed by atoms with Gasteiger partial charge in [0.25, 0.3) is 5.91 Å². The van der Waals surface area contributed by atoms with Crippen LogP contribution < -0.4 is 0 Å². The highest BCUT2D eigenvalue weighted by molar-refractivity contribution is 5.95. The summed E-state index contributed by atoms with van der Waals surface area (Å²) < 4.78 is 80.7. The molecule has 2 heterocycles. The van der Waals surface area contributed by atoms with Crippen molar-refractivity contribution in [2.75, 3.05) is 13.1 Å². The van der Waals surface area contributed by atoms with Crippen molar-refractivity contribution in [1.29, 1.82) is 0 Å². The van der Waals surface area contributed by atoms with Crippen molar-refractivity contribution in [2.45, 2.75) is 31.1 Å². The lowest BCUT2D eigenvalue weighted by Gasteiger charge is -2.32. The predicted molar refractivity (Wildman–Crippen MR) is 107 cm³/mol. The van der Waals surface area contributed by atoms with Crippen LogP contribution in [0.3, 0.4) is 0 Å². The minimum absolute atomic E-state index is 0.0313. The van der Waals surface area contributed by atoms with Crippen LogP contribution in [0.1, 0.15) is 45.8 Å². The number of hydrogen-bond acceptors (Lipinski definition) is 1. The molecule has 0 spiro atoms. The monoisotopic (exact) mass is 454 g/mol. The van der Waals surface area contributed by atoms with E-state index in [2.05, 4.69) is 0 Å². The van der Waals surface area contributed by atoms with E-state index in [1.807, 2.05) is 42.1 Å². The third kappa shape index (κ3) is 4.20. The molecule has 0 aliphatic carbocycles. The summed E-state index contributed by atoms with van der Waals surface area (Å²) in [6, 6.07) is 8.92. The van der Waals surface area contributed by atoms with Crippen molar-refractivity contribution < 1.29 is 31.1 Å². The number of aryl methyl sites for hydroxylation is 1. The molecule has 1 fully saturated rings. The number of piperidine rings is 1. The Balaban J connectivity index is 1.56. The number of hydrogen-bond donors (Lipinski definition) is 0. The molecule has 1 aromatic heterocycles. The van der Waals surface area contributed by atoms with E-state index in [1.54, 1.807) is 0 Å². The minimum atomic E-state index is -4.99. The highest BCUT2D eigenvalue weighted by Gasteiger charge is 2.38. The topological polar surface area (TPSA) is 25.2 Å². The zero-order chi connectivity index (χ0) is 23.3. The molecular weight excluding hydrogens is 434 g/mol. The SMILES string of the molecule is Cn1cc(C2CCN(C(=O)c3cc(C(F)(F)F)cc(C(F)(F)F)c3)CC2)c2ccccc21. The van der Waals surface area contributed by atoms with Crippen LogP contribution in [0.2, 0.25) is 0 Å². The molecule has 4 rings (SSSR count). The van der Waals surface area contributed by atoms with Crippen LogP contribution in [0.25, 0.3) is 10.9 Å². The van der Waals surface area contributed by atoms with Gasteiger partial charge in [-0.25, -0.2) is 0 Å². The van der Waals surface area contributed by atoms with E-state index in [0.717, 1.165) is 16.5 Å². The first-order valence-electron chi connectivity index (χ1n) is 10.1. The summed E-state index contributed by atoms with van der Waals surface area (Å²) in [6.07, 6.45) is -6.79. The van der Waals surface area contributed by atoms with Crippen LogP contribution in [0.5, 0.6) is 0 Å². The molecule has 1 amide bonds. The van der Waals surface area contributed by atoms with Gasteiger partial charge < -0.3 is 9.47 Å². The molecular formula is C23H20F6N2O. The Morgan fingerprint density at radius 3 is 2.03 bits per heavy atom. The number of carbonyl (C=O) groups is 1. The zero-order valence-corrected chi connectivity index (χ0v) is 17.1. The van der Waals surface area contributed by atoms with Gasteiger partial charge in [-0.1, -0.05) is 18.2 Å². The Bertz CT molecular complexity index is 1120. The standard InChI is InChI=1S/C23H20F6N2O/c1-30-13-19(18-4-2-3-5-20(18)30)14-6-8-31(9-7-14)21(32)15-10-16(22(24,25)26)12-17(11-15)23(27,28)29/h2-5,10-14H,6-9H2,1H3. The smallest absolute Gasteiger partial charge is 0.350 e. The maximum absolute atomic E-state index is 13.1. The molecule has 0 saturated carbocycles. The normalized spacial score (nSPS) is 16.0. The number of benzene rings is 2. The van der Waals surface area contributed by atoms with E-state index in [1.165, 1.54) is 4.90 Å². The molecule has 1 aliphatic heterocycles. The van der Waals surface area contributed by atoms with Crippen molar-refractivity contribution in [2.24, 2.45) is 7.05 Å². The van der Waals surface area contributed by atoms with Gasteiger partial charge in [-0.15, -0.1) is 0 Å². The third-order valence-corrected chi connectivity index (χ3v) is 5.98. The van der Waals surface area contributed by atoms with Crippen LogP contribution in [-0.2, 0) is 19.4 Å². The third-order valence-electron chi connectivity index (χ3n) is 5.98. The Morgan fingerprint density at radius 1 is 0.906 bits per heavy atom. The molecule has 2 aromatic carbocycles. The Hall–Kier alpha value is -2.97. The van der Waals surface area contributed by atoms with Crippen molar-refractivity contribution in [3.63, 3.8) is 0 Å². The summed E-state index contributed by atoms with van der Waals surface area (Å²) in [4.78, 5) is 14.1.